The van der Waals surface area contributed by atoms with E-state index < -0.39 is 34.8 Å². The SMILES string of the molecule is CN1C2CCC1CC(C(=O)c1cc(F)ccc1C(F)(F)F)C2. The first kappa shape index (κ1) is 15.5. The first-order chi connectivity index (χ1) is 10.3. The van der Waals surface area contributed by atoms with Gasteiger partial charge in [-0.15, -0.1) is 0 Å². The largest absolute Gasteiger partial charge is 0.417 e. The van der Waals surface area contributed by atoms with E-state index in [0.717, 1.165) is 25.0 Å². The predicted molar refractivity (Wildman–Crippen MR) is 73.0 cm³/mol. The van der Waals surface area contributed by atoms with E-state index in [1.165, 1.54) is 0 Å². The molecular formula is C16H17F4NO. The normalized spacial score (nSPS) is 28.9. The zero-order valence-electron chi connectivity index (χ0n) is 12.2. The first-order valence-corrected chi connectivity index (χ1v) is 7.40. The molecule has 1 aromatic carbocycles. The lowest BCUT2D eigenvalue weighted by atomic mass is 9.83. The Morgan fingerprint density at radius 3 is 2.32 bits per heavy atom. The molecule has 0 spiro atoms. The fraction of sp³-hybridized carbons (Fsp3) is 0.562. The lowest BCUT2D eigenvalue weighted by Crippen LogP contribution is -2.42. The second kappa shape index (κ2) is 5.33. The molecule has 120 valence electrons. The molecule has 2 fully saturated rings. The number of carbonyl (C=O) groups excluding carboxylic acids is 1. The number of fused-ring (bicyclic) bond motifs is 2. The van der Waals surface area contributed by atoms with E-state index in [0.29, 0.717) is 18.9 Å². The summed E-state index contributed by atoms with van der Waals surface area (Å²) < 4.78 is 52.5. The number of piperidine rings is 1. The van der Waals surface area contributed by atoms with Crippen molar-refractivity contribution in [3.63, 3.8) is 0 Å². The molecule has 2 atom stereocenters. The van der Waals surface area contributed by atoms with E-state index in [1.54, 1.807) is 0 Å². The quantitative estimate of drug-likeness (QED) is 0.609. The highest BCUT2D eigenvalue weighted by molar-refractivity contribution is 5.99. The van der Waals surface area contributed by atoms with Gasteiger partial charge in [0.15, 0.2) is 5.78 Å². The summed E-state index contributed by atoms with van der Waals surface area (Å²) in [6.45, 7) is 0. The summed E-state index contributed by atoms with van der Waals surface area (Å²) in [5.41, 5.74) is -1.56. The van der Waals surface area contributed by atoms with Gasteiger partial charge in [-0.3, -0.25) is 4.79 Å². The molecule has 0 radical (unpaired) electrons. The van der Waals surface area contributed by atoms with Crippen LogP contribution in [0.25, 0.3) is 0 Å². The molecule has 0 aliphatic carbocycles. The Morgan fingerprint density at radius 1 is 1.18 bits per heavy atom. The highest BCUT2D eigenvalue weighted by Gasteiger charge is 2.43. The number of benzene rings is 1. The van der Waals surface area contributed by atoms with E-state index >= 15 is 0 Å². The maximum Gasteiger partial charge on any atom is 0.417 e. The van der Waals surface area contributed by atoms with E-state index in [9.17, 15) is 22.4 Å². The van der Waals surface area contributed by atoms with Gasteiger partial charge < -0.3 is 4.90 Å². The van der Waals surface area contributed by atoms with Crippen molar-refractivity contribution in [3.8, 4) is 0 Å². The summed E-state index contributed by atoms with van der Waals surface area (Å²) in [6.07, 6.45) is -1.59. The summed E-state index contributed by atoms with van der Waals surface area (Å²) >= 11 is 0. The molecule has 22 heavy (non-hydrogen) atoms. The van der Waals surface area contributed by atoms with Gasteiger partial charge in [0.1, 0.15) is 5.82 Å². The Hall–Kier alpha value is -1.43. The molecule has 0 aromatic heterocycles. The van der Waals surface area contributed by atoms with Crippen molar-refractivity contribution in [1.82, 2.24) is 4.90 Å². The van der Waals surface area contributed by atoms with Crippen LogP contribution in [0.1, 0.15) is 41.6 Å². The average Bonchev–Trinajstić information content (AvgIpc) is 2.66. The summed E-state index contributed by atoms with van der Waals surface area (Å²) in [5.74, 6) is -1.83. The molecule has 2 unspecified atom stereocenters. The summed E-state index contributed by atoms with van der Waals surface area (Å²) in [6, 6.07) is 2.63. The molecular weight excluding hydrogens is 298 g/mol. The van der Waals surface area contributed by atoms with E-state index in [2.05, 4.69) is 4.90 Å². The molecule has 0 saturated carbocycles. The van der Waals surface area contributed by atoms with Crippen LogP contribution < -0.4 is 0 Å². The molecule has 0 N–H and O–H groups in total. The van der Waals surface area contributed by atoms with Crippen molar-refractivity contribution in [2.24, 2.45) is 5.92 Å². The Morgan fingerprint density at radius 2 is 1.77 bits per heavy atom. The zero-order valence-corrected chi connectivity index (χ0v) is 12.2. The van der Waals surface area contributed by atoms with Gasteiger partial charge in [0, 0.05) is 23.6 Å². The van der Waals surface area contributed by atoms with Gasteiger partial charge in [-0.25, -0.2) is 4.39 Å². The van der Waals surface area contributed by atoms with Crippen molar-refractivity contribution in [3.05, 3.63) is 35.1 Å². The van der Waals surface area contributed by atoms with Gasteiger partial charge in [-0.05, 0) is 50.9 Å². The number of hydrogen-bond acceptors (Lipinski definition) is 2. The first-order valence-electron chi connectivity index (χ1n) is 7.40. The molecule has 2 bridgehead atoms. The van der Waals surface area contributed by atoms with Crippen molar-refractivity contribution >= 4 is 5.78 Å². The minimum absolute atomic E-state index is 0.246. The molecule has 0 amide bonds. The molecule has 3 rings (SSSR count). The van der Waals surface area contributed by atoms with Crippen LogP contribution in [0.4, 0.5) is 17.6 Å². The van der Waals surface area contributed by atoms with Crippen LogP contribution in [0.3, 0.4) is 0 Å². The highest BCUT2D eigenvalue weighted by Crippen LogP contribution is 2.40. The smallest absolute Gasteiger partial charge is 0.300 e. The van der Waals surface area contributed by atoms with Crippen LogP contribution in [-0.2, 0) is 6.18 Å². The molecule has 2 heterocycles. The third kappa shape index (κ3) is 2.64. The van der Waals surface area contributed by atoms with Crippen LogP contribution >= 0.6 is 0 Å². The Kier molecular flexibility index (Phi) is 3.75. The van der Waals surface area contributed by atoms with Gasteiger partial charge in [0.05, 0.1) is 5.56 Å². The molecule has 6 heteroatoms. The monoisotopic (exact) mass is 315 g/mol. The molecule has 2 aliphatic rings. The average molecular weight is 315 g/mol. The van der Waals surface area contributed by atoms with Crippen LogP contribution in [0, 0.1) is 11.7 Å². The van der Waals surface area contributed by atoms with Crippen LogP contribution in [0.15, 0.2) is 18.2 Å². The second-order valence-corrected chi connectivity index (χ2v) is 6.27. The topological polar surface area (TPSA) is 20.3 Å². The Bertz CT molecular complexity index is 584. The van der Waals surface area contributed by atoms with Crippen molar-refractivity contribution in [2.45, 2.75) is 43.9 Å². The minimum Gasteiger partial charge on any atom is -0.300 e. The van der Waals surface area contributed by atoms with Gasteiger partial charge >= 0.3 is 6.18 Å². The molecule has 2 nitrogen and oxygen atoms in total. The zero-order chi connectivity index (χ0) is 16.1. The number of halogens is 4. The molecule has 2 saturated heterocycles. The molecule has 1 aromatic rings. The number of rotatable bonds is 2. The standard InChI is InChI=1S/C16H17F4NO/c1-21-11-3-4-12(21)7-9(6-11)15(22)13-8-10(17)2-5-14(13)16(18,19)20/h2,5,8-9,11-12H,3-4,6-7H2,1H3. The fourth-order valence-corrected chi connectivity index (χ4v) is 3.81. The number of hydrogen-bond donors (Lipinski definition) is 0. The second-order valence-electron chi connectivity index (χ2n) is 6.27. The lowest BCUT2D eigenvalue weighted by Gasteiger charge is -2.35. The van der Waals surface area contributed by atoms with Crippen molar-refractivity contribution < 1.29 is 22.4 Å². The third-order valence-corrected chi connectivity index (χ3v) is 5.02. The van der Waals surface area contributed by atoms with Gasteiger partial charge in [0.25, 0.3) is 0 Å². The minimum atomic E-state index is -4.65. The number of ketones is 1. The van der Waals surface area contributed by atoms with Gasteiger partial charge in [-0.1, -0.05) is 0 Å². The summed E-state index contributed by atoms with van der Waals surface area (Å²) in [7, 11) is 1.99. The van der Waals surface area contributed by atoms with Crippen molar-refractivity contribution in [1.29, 1.82) is 0 Å². The van der Waals surface area contributed by atoms with E-state index in [4.69, 9.17) is 0 Å². The molecule has 2 aliphatic heterocycles. The lowest BCUT2D eigenvalue weighted by molar-refractivity contribution is -0.138. The maximum atomic E-state index is 13.4. The Balaban J connectivity index is 1.91. The third-order valence-electron chi connectivity index (χ3n) is 5.02. The van der Waals surface area contributed by atoms with Gasteiger partial charge in [-0.2, -0.15) is 13.2 Å². The fourth-order valence-electron chi connectivity index (χ4n) is 3.81. The number of Topliss-reactive ketones (excluding diaryl/α,β-unsaturated/α-hetero) is 1. The Labute approximate surface area is 126 Å². The van der Waals surface area contributed by atoms with E-state index in [-0.39, 0.29) is 12.1 Å². The van der Waals surface area contributed by atoms with Crippen LogP contribution in [0.2, 0.25) is 0 Å². The van der Waals surface area contributed by atoms with Crippen LogP contribution in [-0.4, -0.2) is 29.8 Å². The van der Waals surface area contributed by atoms with Crippen molar-refractivity contribution in [2.75, 3.05) is 7.05 Å². The summed E-state index contributed by atoms with van der Waals surface area (Å²) in [4.78, 5) is 14.8. The number of alkyl halides is 3. The maximum absolute atomic E-state index is 13.4. The van der Waals surface area contributed by atoms with E-state index in [1.807, 2.05) is 7.05 Å². The summed E-state index contributed by atoms with van der Waals surface area (Å²) in [5, 5.41) is 0. The highest BCUT2D eigenvalue weighted by atomic mass is 19.4. The predicted octanol–water partition coefficient (Wildman–Crippen LogP) is 3.90. The van der Waals surface area contributed by atoms with Gasteiger partial charge in [0.2, 0.25) is 0 Å². The van der Waals surface area contributed by atoms with Crippen LogP contribution in [0.5, 0.6) is 0 Å². The number of nitrogens with zero attached hydrogens (tertiary/aromatic N) is 1. The number of carbonyl (C=O) groups is 1.